The quantitative estimate of drug-likeness (QED) is 0.520. The third-order valence-electron chi connectivity index (χ3n) is 2.04. The van der Waals surface area contributed by atoms with E-state index in [2.05, 4.69) is 4.98 Å². The van der Waals surface area contributed by atoms with Crippen LogP contribution in [0.25, 0.3) is 0 Å². The van der Waals surface area contributed by atoms with Crippen molar-refractivity contribution in [3.05, 3.63) is 28.1 Å². The second kappa shape index (κ2) is 3.16. The molecule has 0 saturated carbocycles. The first kappa shape index (κ1) is 9.85. The Bertz CT molecular complexity index is 417. The molecule has 0 spiro atoms. The number of hydrogen-bond acceptors (Lipinski definition) is 5. The molecule has 2 heterocycles. The molecule has 1 aliphatic rings. The van der Waals surface area contributed by atoms with Crippen molar-refractivity contribution < 1.29 is 14.4 Å². The van der Waals surface area contributed by atoms with Gasteiger partial charge in [-0.15, -0.1) is 0 Å². The monoisotopic (exact) mass is 210 g/mol. The SMILES string of the molecule is CC1(C)OCc2ncc([N+](=O)[O-])cc2O1. The largest absolute Gasteiger partial charge is 0.461 e. The molecule has 0 N–H and O–H groups in total. The molecule has 6 nitrogen and oxygen atoms in total. The molecule has 0 amide bonds. The molecule has 2 rings (SSSR count). The first-order valence-corrected chi connectivity index (χ1v) is 4.44. The minimum absolute atomic E-state index is 0.0774. The molecule has 0 aromatic carbocycles. The highest BCUT2D eigenvalue weighted by atomic mass is 16.7. The topological polar surface area (TPSA) is 74.5 Å². The smallest absolute Gasteiger partial charge is 0.291 e. The summed E-state index contributed by atoms with van der Waals surface area (Å²) in [5, 5.41) is 10.5. The van der Waals surface area contributed by atoms with Gasteiger partial charge in [-0.25, -0.2) is 4.98 Å². The predicted molar refractivity (Wildman–Crippen MR) is 50.4 cm³/mol. The second-order valence-corrected chi connectivity index (χ2v) is 3.69. The lowest BCUT2D eigenvalue weighted by molar-refractivity contribution is -0.385. The molecule has 1 aliphatic heterocycles. The Morgan fingerprint density at radius 2 is 2.33 bits per heavy atom. The molecule has 0 unspecified atom stereocenters. The van der Waals surface area contributed by atoms with Crippen LogP contribution in [0.5, 0.6) is 5.75 Å². The molecule has 1 aromatic rings. The van der Waals surface area contributed by atoms with Gasteiger partial charge in [-0.1, -0.05) is 0 Å². The zero-order chi connectivity index (χ0) is 11.1. The zero-order valence-corrected chi connectivity index (χ0v) is 8.39. The van der Waals surface area contributed by atoms with Gasteiger partial charge in [-0.2, -0.15) is 0 Å². The summed E-state index contributed by atoms with van der Waals surface area (Å²) < 4.78 is 10.8. The molecule has 0 saturated heterocycles. The fraction of sp³-hybridized carbons (Fsp3) is 0.444. The van der Waals surface area contributed by atoms with Crippen molar-refractivity contribution in [2.45, 2.75) is 26.2 Å². The minimum atomic E-state index is -0.760. The van der Waals surface area contributed by atoms with Crippen LogP contribution in [-0.4, -0.2) is 15.7 Å². The maximum Gasteiger partial charge on any atom is 0.291 e. The van der Waals surface area contributed by atoms with Gasteiger partial charge in [0.15, 0.2) is 5.75 Å². The van der Waals surface area contributed by atoms with Gasteiger partial charge in [-0.3, -0.25) is 10.1 Å². The number of hydrogen-bond donors (Lipinski definition) is 0. The van der Waals surface area contributed by atoms with Crippen LogP contribution >= 0.6 is 0 Å². The first-order valence-electron chi connectivity index (χ1n) is 4.44. The second-order valence-electron chi connectivity index (χ2n) is 3.69. The number of fused-ring (bicyclic) bond motifs is 1. The third-order valence-corrected chi connectivity index (χ3v) is 2.04. The van der Waals surface area contributed by atoms with Crippen molar-refractivity contribution in [1.82, 2.24) is 4.98 Å². The minimum Gasteiger partial charge on any atom is -0.461 e. The van der Waals surface area contributed by atoms with Gasteiger partial charge in [0.1, 0.15) is 11.9 Å². The molecule has 0 fully saturated rings. The van der Waals surface area contributed by atoms with Crippen LogP contribution in [0.2, 0.25) is 0 Å². The number of nitrogens with zero attached hydrogens (tertiary/aromatic N) is 2. The predicted octanol–water partition coefficient (Wildman–Crippen LogP) is 1.63. The highest BCUT2D eigenvalue weighted by molar-refractivity contribution is 5.39. The standard InChI is InChI=1S/C9H10N2O4/c1-9(2)14-5-7-8(15-9)3-6(4-10-7)11(12)13/h3-4H,5H2,1-2H3. The number of pyridine rings is 1. The van der Waals surface area contributed by atoms with Gasteiger partial charge in [0.2, 0.25) is 5.79 Å². The fourth-order valence-electron chi connectivity index (χ4n) is 1.30. The van der Waals surface area contributed by atoms with Crippen molar-refractivity contribution in [3.63, 3.8) is 0 Å². The Morgan fingerprint density at radius 1 is 1.60 bits per heavy atom. The highest BCUT2D eigenvalue weighted by Gasteiger charge is 2.29. The van der Waals surface area contributed by atoms with Crippen LogP contribution in [0.3, 0.4) is 0 Å². The molecule has 6 heteroatoms. The molecule has 0 radical (unpaired) electrons. The van der Waals surface area contributed by atoms with Gasteiger partial charge in [0, 0.05) is 13.8 Å². The van der Waals surface area contributed by atoms with E-state index in [0.717, 1.165) is 0 Å². The molecule has 1 aromatic heterocycles. The summed E-state index contributed by atoms with van der Waals surface area (Å²) in [6, 6.07) is 1.37. The van der Waals surface area contributed by atoms with Gasteiger partial charge in [0.25, 0.3) is 5.69 Å². The van der Waals surface area contributed by atoms with Crippen molar-refractivity contribution >= 4 is 5.69 Å². The Kier molecular flexibility index (Phi) is 2.08. The van der Waals surface area contributed by atoms with Gasteiger partial charge >= 0.3 is 0 Å². The Morgan fingerprint density at radius 3 is 3.00 bits per heavy atom. The van der Waals surface area contributed by atoms with Gasteiger partial charge in [0.05, 0.1) is 17.6 Å². The Labute approximate surface area is 86.0 Å². The van der Waals surface area contributed by atoms with Crippen molar-refractivity contribution in [1.29, 1.82) is 0 Å². The molecular weight excluding hydrogens is 200 g/mol. The van der Waals surface area contributed by atoms with E-state index in [1.54, 1.807) is 13.8 Å². The van der Waals surface area contributed by atoms with Crippen LogP contribution in [0.1, 0.15) is 19.5 Å². The average Bonchev–Trinajstić information content (AvgIpc) is 2.15. The summed E-state index contributed by atoms with van der Waals surface area (Å²) in [6.45, 7) is 3.80. The van der Waals surface area contributed by atoms with E-state index >= 15 is 0 Å². The number of ether oxygens (including phenoxy) is 2. The molecule has 15 heavy (non-hydrogen) atoms. The summed E-state index contributed by atoms with van der Waals surface area (Å²) >= 11 is 0. The molecule has 0 bridgehead atoms. The molecule has 0 aliphatic carbocycles. The van der Waals surface area contributed by atoms with Crippen LogP contribution in [0.15, 0.2) is 12.3 Å². The maximum atomic E-state index is 10.5. The summed E-state index contributed by atoms with van der Waals surface area (Å²) in [7, 11) is 0. The van der Waals surface area contributed by atoms with E-state index in [0.29, 0.717) is 18.1 Å². The van der Waals surface area contributed by atoms with E-state index in [1.165, 1.54) is 12.3 Å². The summed E-state index contributed by atoms with van der Waals surface area (Å²) in [5.41, 5.74) is 0.506. The van der Waals surface area contributed by atoms with Crippen LogP contribution in [0.4, 0.5) is 5.69 Å². The molecular formula is C9H10N2O4. The Balaban J connectivity index is 2.39. The summed E-state index contributed by atoms with van der Waals surface area (Å²) in [4.78, 5) is 13.9. The van der Waals surface area contributed by atoms with Crippen LogP contribution in [0, 0.1) is 10.1 Å². The number of nitro groups is 1. The summed E-state index contributed by atoms with van der Waals surface area (Å²) in [6.07, 6.45) is 1.20. The molecule has 0 atom stereocenters. The van der Waals surface area contributed by atoms with Gasteiger partial charge in [-0.05, 0) is 0 Å². The highest BCUT2D eigenvalue weighted by Crippen LogP contribution is 2.31. The normalized spacial score (nSPS) is 17.7. The van der Waals surface area contributed by atoms with E-state index < -0.39 is 10.7 Å². The fourth-order valence-corrected chi connectivity index (χ4v) is 1.30. The zero-order valence-electron chi connectivity index (χ0n) is 8.39. The van der Waals surface area contributed by atoms with Gasteiger partial charge < -0.3 is 9.47 Å². The van der Waals surface area contributed by atoms with Crippen molar-refractivity contribution in [2.75, 3.05) is 0 Å². The number of aromatic nitrogens is 1. The van der Waals surface area contributed by atoms with E-state index in [1.807, 2.05) is 0 Å². The lowest BCUT2D eigenvalue weighted by atomic mass is 10.2. The maximum absolute atomic E-state index is 10.5. The summed E-state index contributed by atoms with van der Waals surface area (Å²) in [5.74, 6) is -0.343. The van der Waals surface area contributed by atoms with Crippen LogP contribution in [-0.2, 0) is 11.3 Å². The first-order chi connectivity index (χ1) is 6.98. The average molecular weight is 210 g/mol. The van der Waals surface area contributed by atoms with Crippen molar-refractivity contribution in [2.24, 2.45) is 0 Å². The lowest BCUT2D eigenvalue weighted by Crippen LogP contribution is -2.35. The third kappa shape index (κ3) is 1.89. The Hall–Kier alpha value is -1.69. The molecule has 80 valence electrons. The van der Waals surface area contributed by atoms with Crippen LogP contribution < -0.4 is 4.74 Å². The van der Waals surface area contributed by atoms with Crippen molar-refractivity contribution in [3.8, 4) is 5.75 Å². The van der Waals surface area contributed by atoms with E-state index in [9.17, 15) is 10.1 Å². The number of rotatable bonds is 1. The van der Waals surface area contributed by atoms with E-state index in [-0.39, 0.29) is 5.69 Å². The van der Waals surface area contributed by atoms with E-state index in [4.69, 9.17) is 9.47 Å². The lowest BCUT2D eigenvalue weighted by Gasteiger charge is -2.31.